The Balaban J connectivity index is 1.26. The lowest BCUT2D eigenvalue weighted by Crippen LogP contribution is -2.75. The largest absolute Gasteiger partial charge is 0.309 e. The van der Waals surface area contributed by atoms with E-state index in [9.17, 15) is 0 Å². The van der Waals surface area contributed by atoms with Crippen LogP contribution in [0.15, 0.2) is 200 Å². The number of hydrogen-bond acceptors (Lipinski definition) is 0. The molecule has 1 heterocycles. The van der Waals surface area contributed by atoms with Crippen molar-refractivity contribution in [3.05, 3.63) is 234 Å². The van der Waals surface area contributed by atoms with Crippen molar-refractivity contribution in [2.45, 2.75) is 11.8 Å². The summed E-state index contributed by atoms with van der Waals surface area (Å²) in [5, 5.41) is 8.32. The van der Waals surface area contributed by atoms with Gasteiger partial charge in [0.05, 0.1) is 16.7 Å². The van der Waals surface area contributed by atoms with Crippen LogP contribution in [0.3, 0.4) is 0 Å². The average Bonchev–Trinajstić information content (AvgIpc) is 3.56. The van der Waals surface area contributed by atoms with Crippen molar-refractivity contribution < 1.29 is 0 Å². The minimum Gasteiger partial charge on any atom is -0.309 e. The van der Waals surface area contributed by atoms with Crippen LogP contribution in [0.4, 0.5) is 0 Å². The summed E-state index contributed by atoms with van der Waals surface area (Å²) < 4.78 is 2.54. The van der Waals surface area contributed by atoms with Gasteiger partial charge in [0.2, 0.25) is 0 Å². The van der Waals surface area contributed by atoms with Crippen molar-refractivity contribution in [3.63, 3.8) is 0 Å². The first-order valence-corrected chi connectivity index (χ1v) is 20.4. The van der Waals surface area contributed by atoms with Crippen molar-refractivity contribution in [2.75, 3.05) is 0 Å². The lowest BCUT2D eigenvalue weighted by molar-refractivity contribution is 0.752. The number of hydrogen-bond donors (Lipinski definition) is 0. The molecule has 2 atom stereocenters. The topological polar surface area (TPSA) is 4.93 Å². The van der Waals surface area contributed by atoms with Crippen LogP contribution in [-0.2, 0) is 0 Å². The van der Waals surface area contributed by atoms with Gasteiger partial charge in [0.25, 0.3) is 0 Å². The minimum atomic E-state index is -2.80. The van der Waals surface area contributed by atoms with Crippen LogP contribution in [-0.4, -0.2) is 12.6 Å². The maximum atomic E-state index is 2.54. The van der Waals surface area contributed by atoms with E-state index >= 15 is 0 Å². The molecule has 0 amide bonds. The van der Waals surface area contributed by atoms with E-state index in [0.717, 1.165) is 0 Å². The van der Waals surface area contributed by atoms with E-state index in [1.54, 1.807) is 0 Å². The molecule has 3 aliphatic rings. The zero-order valence-electron chi connectivity index (χ0n) is 28.7. The standard InChI is InChI=1S/C50H35NSi/c1-4-18-34(19-5-1)52(35-20-6-2-7-21-35,36-22-8-3-9-23-36)46-33-17-29-42-47-39-26-10-11-27-40(39)48(50(42)46)41-28-16-32-45(49(41)47)51-43-30-14-12-24-37(43)38-25-13-15-31-44(38)51/h1-33,47-48H. The van der Waals surface area contributed by atoms with Gasteiger partial charge in [-0.3, -0.25) is 0 Å². The maximum absolute atomic E-state index is 2.80. The highest BCUT2D eigenvalue weighted by Crippen LogP contribution is 2.57. The summed E-state index contributed by atoms with van der Waals surface area (Å²) in [6.07, 6.45) is 0. The molecular formula is C50H35NSi. The third-order valence-corrected chi connectivity index (χ3v) is 16.8. The number of benzene rings is 8. The number of aromatic nitrogens is 1. The predicted molar refractivity (Wildman–Crippen MR) is 219 cm³/mol. The number of fused-ring (bicyclic) bond motifs is 3. The summed E-state index contributed by atoms with van der Waals surface area (Å²) in [4.78, 5) is 0. The fraction of sp³-hybridized carbons (Fsp3) is 0.0400. The Morgan fingerprint density at radius 2 is 0.731 bits per heavy atom. The molecule has 244 valence electrons. The molecule has 0 saturated heterocycles. The summed E-state index contributed by atoms with van der Waals surface area (Å²) in [5.74, 6) is 0.217. The molecule has 2 heteroatoms. The van der Waals surface area contributed by atoms with E-state index in [1.165, 1.54) is 81.6 Å². The second kappa shape index (κ2) is 11.4. The molecule has 1 nitrogen and oxygen atoms in total. The normalized spacial score (nSPS) is 15.7. The molecule has 0 N–H and O–H groups in total. The van der Waals surface area contributed by atoms with Gasteiger partial charge in [-0.1, -0.05) is 182 Å². The maximum Gasteiger partial charge on any atom is 0.179 e. The number of para-hydroxylation sites is 2. The average molecular weight is 678 g/mol. The molecule has 0 aliphatic heterocycles. The van der Waals surface area contributed by atoms with Gasteiger partial charge in [0, 0.05) is 22.6 Å². The smallest absolute Gasteiger partial charge is 0.179 e. The molecule has 1 aromatic heterocycles. The zero-order valence-corrected chi connectivity index (χ0v) is 29.7. The Morgan fingerprint density at radius 3 is 1.27 bits per heavy atom. The van der Waals surface area contributed by atoms with E-state index in [4.69, 9.17) is 0 Å². The lowest BCUT2D eigenvalue weighted by Gasteiger charge is -2.46. The second-order valence-electron chi connectivity index (χ2n) is 14.3. The van der Waals surface area contributed by atoms with Crippen molar-refractivity contribution in [3.8, 4) is 5.69 Å². The minimum absolute atomic E-state index is 0.108. The van der Waals surface area contributed by atoms with Crippen LogP contribution in [0, 0.1) is 0 Å². The van der Waals surface area contributed by atoms with Crippen LogP contribution in [0.1, 0.15) is 45.2 Å². The van der Waals surface area contributed by atoms with Crippen molar-refractivity contribution in [1.29, 1.82) is 0 Å². The molecular weight excluding hydrogens is 643 g/mol. The SMILES string of the molecule is c1ccc([Si](c2ccccc2)(c2ccccc2)c2cccc3c2C2c4ccccc4C3c3c2cccc3-n2c3ccccc3c3ccccc32)cc1. The number of rotatable bonds is 5. The molecule has 2 bridgehead atoms. The van der Waals surface area contributed by atoms with Crippen LogP contribution in [0.2, 0.25) is 0 Å². The van der Waals surface area contributed by atoms with Gasteiger partial charge in [0.15, 0.2) is 8.07 Å². The van der Waals surface area contributed by atoms with Gasteiger partial charge < -0.3 is 4.57 Å². The molecule has 8 aromatic carbocycles. The first kappa shape index (κ1) is 29.5. The number of nitrogens with zero attached hydrogens (tertiary/aromatic N) is 1. The monoisotopic (exact) mass is 677 g/mol. The van der Waals surface area contributed by atoms with E-state index < -0.39 is 8.07 Å². The summed E-state index contributed by atoms with van der Waals surface area (Å²) in [7, 11) is -2.80. The molecule has 52 heavy (non-hydrogen) atoms. The summed E-state index contributed by atoms with van der Waals surface area (Å²) in [5.41, 5.74) is 12.5. The van der Waals surface area contributed by atoms with Gasteiger partial charge in [-0.25, -0.2) is 0 Å². The molecule has 9 aromatic rings. The molecule has 12 rings (SSSR count). The van der Waals surface area contributed by atoms with E-state index in [2.05, 4.69) is 205 Å². The molecule has 3 aliphatic carbocycles. The quantitative estimate of drug-likeness (QED) is 0.127. The Kier molecular flexibility index (Phi) is 6.47. The van der Waals surface area contributed by atoms with Gasteiger partial charge in [-0.05, 0) is 72.3 Å². The first-order valence-electron chi connectivity index (χ1n) is 18.4. The molecule has 0 radical (unpaired) electrons. The Bertz CT molecular complexity index is 2650. The van der Waals surface area contributed by atoms with Crippen LogP contribution >= 0.6 is 0 Å². The molecule has 2 unspecified atom stereocenters. The molecule has 0 saturated carbocycles. The van der Waals surface area contributed by atoms with Crippen molar-refractivity contribution in [2.24, 2.45) is 0 Å². The summed E-state index contributed by atoms with van der Waals surface area (Å²) in [6.45, 7) is 0. The highest BCUT2D eigenvalue weighted by molar-refractivity contribution is 7.20. The Morgan fingerprint density at radius 1 is 0.327 bits per heavy atom. The molecule has 0 fully saturated rings. The van der Waals surface area contributed by atoms with E-state index in [1.807, 2.05) is 0 Å². The third-order valence-electron chi connectivity index (χ3n) is 11.9. The highest BCUT2D eigenvalue weighted by atomic mass is 28.3. The van der Waals surface area contributed by atoms with Crippen LogP contribution < -0.4 is 20.7 Å². The second-order valence-corrected chi connectivity index (χ2v) is 18.1. The summed E-state index contributed by atoms with van der Waals surface area (Å²) >= 11 is 0. The third kappa shape index (κ3) is 3.93. The fourth-order valence-corrected chi connectivity index (χ4v) is 15.1. The van der Waals surface area contributed by atoms with Crippen molar-refractivity contribution >= 4 is 50.6 Å². The first-order chi connectivity index (χ1) is 25.9. The van der Waals surface area contributed by atoms with Crippen LogP contribution in [0.25, 0.3) is 27.5 Å². The fourth-order valence-electron chi connectivity index (χ4n) is 10.0. The Labute approximate surface area is 305 Å². The zero-order chi connectivity index (χ0) is 34.2. The van der Waals surface area contributed by atoms with Crippen molar-refractivity contribution in [1.82, 2.24) is 4.57 Å². The van der Waals surface area contributed by atoms with Gasteiger partial charge >= 0.3 is 0 Å². The highest BCUT2D eigenvalue weighted by Gasteiger charge is 2.49. The van der Waals surface area contributed by atoms with E-state index in [-0.39, 0.29) is 11.8 Å². The lowest BCUT2D eigenvalue weighted by atomic mass is 9.60. The van der Waals surface area contributed by atoms with Gasteiger partial charge in [-0.15, -0.1) is 0 Å². The van der Waals surface area contributed by atoms with E-state index in [0.29, 0.717) is 0 Å². The molecule has 0 spiro atoms. The predicted octanol–water partition coefficient (Wildman–Crippen LogP) is 9.15. The Hall–Kier alpha value is -6.22. The summed E-state index contributed by atoms with van der Waals surface area (Å²) in [6, 6.07) is 75.6. The van der Waals surface area contributed by atoms with Gasteiger partial charge in [0.1, 0.15) is 0 Å². The van der Waals surface area contributed by atoms with Crippen LogP contribution in [0.5, 0.6) is 0 Å². The van der Waals surface area contributed by atoms with Gasteiger partial charge in [-0.2, -0.15) is 0 Å².